The number of aryl methyl sites for hydroxylation is 2. The molecule has 122 valence electrons. The highest BCUT2D eigenvalue weighted by molar-refractivity contribution is 5.99. The fraction of sp³-hybridized carbons (Fsp3) is 0.412. The van der Waals surface area contributed by atoms with Crippen LogP contribution >= 0.6 is 0 Å². The first-order valence-electron chi connectivity index (χ1n) is 7.72. The lowest BCUT2D eigenvalue weighted by atomic mass is 9.92. The third-order valence-electron chi connectivity index (χ3n) is 4.54. The van der Waals surface area contributed by atoms with E-state index in [-0.39, 0.29) is 18.9 Å². The van der Waals surface area contributed by atoms with E-state index < -0.39 is 11.5 Å². The zero-order valence-corrected chi connectivity index (χ0v) is 13.3. The van der Waals surface area contributed by atoms with Gasteiger partial charge in [0.25, 0.3) is 11.8 Å². The molecule has 0 aliphatic carbocycles. The molecule has 0 saturated carbocycles. The number of likely N-dealkylation sites (tertiary alicyclic amines) is 1. The number of rotatable bonds is 2. The van der Waals surface area contributed by atoms with Crippen LogP contribution in [0.15, 0.2) is 18.2 Å². The van der Waals surface area contributed by atoms with Crippen molar-refractivity contribution >= 4 is 22.7 Å². The van der Waals surface area contributed by atoms with Crippen LogP contribution in [0, 0.1) is 13.8 Å². The molecular weight excluding hydrogens is 294 g/mol. The van der Waals surface area contributed by atoms with Gasteiger partial charge in [0.15, 0.2) is 5.60 Å². The topological polar surface area (TPSA) is 99.4 Å². The predicted molar refractivity (Wildman–Crippen MR) is 87.1 cm³/mol. The van der Waals surface area contributed by atoms with E-state index in [4.69, 9.17) is 5.73 Å². The van der Waals surface area contributed by atoms with Gasteiger partial charge >= 0.3 is 0 Å². The standard InChI is InChI=1S/C17H21N3O3/c1-10-6-11(2)12-8-14(19-13(12)7-10)15(21)20-5-3-4-17(23,9-20)16(18)22/h6-8,19,23H,3-5,9H2,1-2H3,(H2,18,22). The first kappa shape index (κ1) is 15.6. The summed E-state index contributed by atoms with van der Waals surface area (Å²) in [4.78, 5) is 28.8. The van der Waals surface area contributed by atoms with Crippen molar-refractivity contribution in [1.29, 1.82) is 0 Å². The number of carbonyl (C=O) groups excluding carboxylic acids is 2. The van der Waals surface area contributed by atoms with Gasteiger partial charge in [-0.2, -0.15) is 0 Å². The van der Waals surface area contributed by atoms with E-state index in [1.807, 2.05) is 26.0 Å². The molecule has 1 aliphatic heterocycles. The zero-order chi connectivity index (χ0) is 16.8. The van der Waals surface area contributed by atoms with Crippen LogP contribution in [0.3, 0.4) is 0 Å². The van der Waals surface area contributed by atoms with Crippen molar-refractivity contribution in [3.05, 3.63) is 35.0 Å². The fourth-order valence-electron chi connectivity index (χ4n) is 3.30. The predicted octanol–water partition coefficient (Wildman–Crippen LogP) is 1.24. The summed E-state index contributed by atoms with van der Waals surface area (Å²) in [6, 6.07) is 5.89. The van der Waals surface area contributed by atoms with Crippen LogP contribution in [-0.2, 0) is 4.79 Å². The van der Waals surface area contributed by atoms with E-state index in [1.54, 1.807) is 0 Å². The second-order valence-corrected chi connectivity index (χ2v) is 6.45. The van der Waals surface area contributed by atoms with Gasteiger partial charge in [0.1, 0.15) is 5.69 Å². The zero-order valence-electron chi connectivity index (χ0n) is 13.3. The number of piperidine rings is 1. The van der Waals surface area contributed by atoms with E-state index in [2.05, 4.69) is 11.1 Å². The number of H-pyrrole nitrogens is 1. The molecule has 1 aromatic carbocycles. The van der Waals surface area contributed by atoms with E-state index in [1.165, 1.54) is 4.90 Å². The number of nitrogens with one attached hydrogen (secondary N) is 1. The average molecular weight is 315 g/mol. The monoisotopic (exact) mass is 315 g/mol. The van der Waals surface area contributed by atoms with Gasteiger partial charge in [0.05, 0.1) is 6.54 Å². The molecule has 1 aliphatic rings. The van der Waals surface area contributed by atoms with Crippen molar-refractivity contribution in [2.24, 2.45) is 5.73 Å². The average Bonchev–Trinajstić information content (AvgIpc) is 2.90. The van der Waals surface area contributed by atoms with Crippen LogP contribution in [0.2, 0.25) is 0 Å². The van der Waals surface area contributed by atoms with Gasteiger partial charge in [-0.25, -0.2) is 0 Å². The van der Waals surface area contributed by atoms with Crippen LogP contribution < -0.4 is 5.73 Å². The number of nitrogens with zero attached hydrogens (tertiary/aromatic N) is 1. The summed E-state index contributed by atoms with van der Waals surface area (Å²) in [7, 11) is 0. The number of hydrogen-bond donors (Lipinski definition) is 3. The molecule has 2 heterocycles. The fourth-order valence-corrected chi connectivity index (χ4v) is 3.30. The van der Waals surface area contributed by atoms with Gasteiger partial charge < -0.3 is 20.7 Å². The number of hydrogen-bond acceptors (Lipinski definition) is 3. The summed E-state index contributed by atoms with van der Waals surface area (Å²) in [5.74, 6) is -1.00. The van der Waals surface area contributed by atoms with E-state index in [0.29, 0.717) is 18.7 Å². The van der Waals surface area contributed by atoms with E-state index >= 15 is 0 Å². The highest BCUT2D eigenvalue weighted by atomic mass is 16.3. The summed E-state index contributed by atoms with van der Waals surface area (Å²) in [6.07, 6.45) is 0.834. The number of carbonyl (C=O) groups is 2. The molecule has 0 spiro atoms. The number of nitrogens with two attached hydrogens (primary N) is 1. The second-order valence-electron chi connectivity index (χ2n) is 6.45. The van der Waals surface area contributed by atoms with Crippen LogP contribution in [0.25, 0.3) is 10.9 Å². The number of β-amino-alcohol motifs (C(OH)–C–C–N with tert-alkyl or cyclic N) is 1. The Morgan fingerprint density at radius 2 is 2.04 bits per heavy atom. The maximum absolute atomic E-state index is 12.7. The highest BCUT2D eigenvalue weighted by Crippen LogP contribution is 2.25. The minimum absolute atomic E-state index is 0.0610. The molecule has 2 amide bonds. The summed E-state index contributed by atoms with van der Waals surface area (Å²) in [6.45, 7) is 4.45. The summed E-state index contributed by atoms with van der Waals surface area (Å²) < 4.78 is 0. The van der Waals surface area contributed by atoms with Crippen molar-refractivity contribution in [3.8, 4) is 0 Å². The Balaban J connectivity index is 1.91. The Morgan fingerprint density at radius 1 is 1.30 bits per heavy atom. The van der Waals surface area contributed by atoms with E-state index in [9.17, 15) is 14.7 Å². The molecule has 1 atom stereocenters. The Morgan fingerprint density at radius 3 is 2.74 bits per heavy atom. The second kappa shape index (κ2) is 5.38. The maximum Gasteiger partial charge on any atom is 0.270 e. The summed E-state index contributed by atoms with van der Waals surface area (Å²) in [5.41, 5.74) is 7.23. The summed E-state index contributed by atoms with van der Waals surface area (Å²) in [5, 5.41) is 11.3. The Bertz CT molecular complexity index is 796. The number of aliphatic hydroxyl groups is 1. The molecule has 1 fully saturated rings. The minimum atomic E-state index is -1.63. The van der Waals surface area contributed by atoms with Crippen LogP contribution in [-0.4, -0.2) is 45.5 Å². The van der Waals surface area contributed by atoms with Crippen LogP contribution in [0.5, 0.6) is 0 Å². The number of fused-ring (bicyclic) bond motifs is 1. The van der Waals surface area contributed by atoms with Crippen LogP contribution in [0.1, 0.15) is 34.5 Å². The van der Waals surface area contributed by atoms with Crippen molar-refractivity contribution in [2.45, 2.75) is 32.3 Å². The number of aromatic nitrogens is 1. The molecule has 3 rings (SSSR count). The van der Waals surface area contributed by atoms with E-state index in [0.717, 1.165) is 22.0 Å². The van der Waals surface area contributed by atoms with Gasteiger partial charge in [-0.3, -0.25) is 9.59 Å². The van der Waals surface area contributed by atoms with Crippen molar-refractivity contribution in [1.82, 2.24) is 9.88 Å². The van der Waals surface area contributed by atoms with Gasteiger partial charge in [0.2, 0.25) is 0 Å². The van der Waals surface area contributed by atoms with Gasteiger partial charge in [0, 0.05) is 17.4 Å². The SMILES string of the molecule is Cc1cc(C)c2cc(C(=O)N3CCCC(O)(C(N)=O)C3)[nH]c2c1. The van der Waals surface area contributed by atoms with Gasteiger partial charge in [-0.15, -0.1) is 0 Å². The molecule has 0 bridgehead atoms. The molecule has 0 radical (unpaired) electrons. The molecule has 23 heavy (non-hydrogen) atoms. The number of amides is 2. The molecule has 4 N–H and O–H groups in total. The largest absolute Gasteiger partial charge is 0.378 e. The molecule has 6 nitrogen and oxygen atoms in total. The lowest BCUT2D eigenvalue weighted by Gasteiger charge is -2.36. The summed E-state index contributed by atoms with van der Waals surface area (Å²) >= 11 is 0. The molecule has 1 saturated heterocycles. The normalized spacial score (nSPS) is 21.6. The Hall–Kier alpha value is -2.34. The Labute approximate surface area is 134 Å². The molecule has 2 aromatic rings. The van der Waals surface area contributed by atoms with Gasteiger partial charge in [-0.05, 0) is 49.9 Å². The highest BCUT2D eigenvalue weighted by Gasteiger charge is 2.40. The number of benzene rings is 1. The first-order chi connectivity index (χ1) is 10.8. The third kappa shape index (κ3) is 2.70. The van der Waals surface area contributed by atoms with Gasteiger partial charge in [-0.1, -0.05) is 6.07 Å². The minimum Gasteiger partial charge on any atom is -0.378 e. The van der Waals surface area contributed by atoms with Crippen LogP contribution in [0.4, 0.5) is 0 Å². The van der Waals surface area contributed by atoms with Crippen molar-refractivity contribution in [3.63, 3.8) is 0 Å². The first-order valence-corrected chi connectivity index (χ1v) is 7.72. The number of aromatic amines is 1. The maximum atomic E-state index is 12.7. The Kier molecular flexibility index (Phi) is 3.64. The lowest BCUT2D eigenvalue weighted by molar-refractivity contribution is -0.140. The molecule has 1 aromatic heterocycles. The molecule has 1 unspecified atom stereocenters. The molecule has 6 heteroatoms. The quantitative estimate of drug-likeness (QED) is 0.777. The van der Waals surface area contributed by atoms with Crippen molar-refractivity contribution < 1.29 is 14.7 Å². The number of primary amides is 1. The third-order valence-corrected chi connectivity index (χ3v) is 4.54. The molecular formula is C17H21N3O3. The lowest BCUT2D eigenvalue weighted by Crippen LogP contribution is -2.57. The van der Waals surface area contributed by atoms with Crippen molar-refractivity contribution in [2.75, 3.05) is 13.1 Å². The smallest absolute Gasteiger partial charge is 0.270 e.